The summed E-state index contributed by atoms with van der Waals surface area (Å²) in [6.07, 6.45) is 0. The highest BCUT2D eigenvalue weighted by Gasteiger charge is 2.18. The third-order valence-electron chi connectivity index (χ3n) is 12.6. The van der Waals surface area contributed by atoms with Gasteiger partial charge in [-0.2, -0.15) is 0 Å². The molecule has 0 aliphatic carbocycles. The van der Waals surface area contributed by atoms with Crippen molar-refractivity contribution in [2.24, 2.45) is 0 Å². The Hall–Kier alpha value is -7.80. The zero-order valence-corrected chi connectivity index (χ0v) is 32.9. The minimum atomic E-state index is 1.21. The van der Waals surface area contributed by atoms with Crippen LogP contribution in [0.5, 0.6) is 0 Å². The Bertz CT molecular complexity index is 3650. The third kappa shape index (κ3) is 5.53. The first-order chi connectivity index (χ1) is 29.8. The van der Waals surface area contributed by atoms with E-state index < -0.39 is 0 Å². The first-order valence-electron chi connectivity index (χ1n) is 20.8. The number of hydrogen-bond acceptors (Lipinski definition) is 0. The molecule has 0 aliphatic rings. The van der Waals surface area contributed by atoms with Gasteiger partial charge in [0.1, 0.15) is 0 Å². The molecule has 0 aromatic heterocycles. The maximum absolute atomic E-state index is 2.46. The van der Waals surface area contributed by atoms with Crippen LogP contribution in [-0.2, 0) is 0 Å². The van der Waals surface area contributed by atoms with E-state index in [1.807, 2.05) is 0 Å². The first kappa shape index (κ1) is 34.3. The highest BCUT2D eigenvalue weighted by atomic mass is 14.2. The van der Waals surface area contributed by atoms with E-state index in [1.54, 1.807) is 0 Å². The molecule has 12 rings (SSSR count). The average Bonchev–Trinajstić information content (AvgIpc) is 3.33. The van der Waals surface area contributed by atoms with Crippen molar-refractivity contribution in [2.75, 3.05) is 0 Å². The second kappa shape index (κ2) is 13.9. The lowest BCUT2D eigenvalue weighted by atomic mass is 9.85. The van der Waals surface area contributed by atoms with Crippen molar-refractivity contribution in [1.29, 1.82) is 0 Å². The minimum Gasteiger partial charge on any atom is -0.0616 e. The molecule has 0 N–H and O–H groups in total. The van der Waals surface area contributed by atoms with Crippen LogP contribution >= 0.6 is 0 Å². The van der Waals surface area contributed by atoms with Crippen LogP contribution in [0.4, 0.5) is 0 Å². The summed E-state index contributed by atoms with van der Waals surface area (Å²) in [7, 11) is 0. The van der Waals surface area contributed by atoms with Crippen LogP contribution in [-0.4, -0.2) is 0 Å². The van der Waals surface area contributed by atoms with E-state index in [9.17, 15) is 0 Å². The molecule has 0 heterocycles. The van der Waals surface area contributed by atoms with Gasteiger partial charge in [-0.1, -0.05) is 206 Å². The molecule has 12 aromatic carbocycles. The largest absolute Gasteiger partial charge is 0.0616 e. The summed E-state index contributed by atoms with van der Waals surface area (Å²) in [5.74, 6) is 0. The van der Waals surface area contributed by atoms with E-state index in [2.05, 4.69) is 231 Å². The topological polar surface area (TPSA) is 0 Å². The van der Waals surface area contributed by atoms with Gasteiger partial charge in [0.25, 0.3) is 0 Å². The van der Waals surface area contributed by atoms with Crippen LogP contribution in [0.2, 0.25) is 0 Å². The van der Waals surface area contributed by atoms with Crippen LogP contribution in [0.1, 0.15) is 0 Å². The van der Waals surface area contributed by atoms with Crippen molar-refractivity contribution in [3.05, 3.63) is 231 Å². The average molecular weight is 759 g/mol. The van der Waals surface area contributed by atoms with Crippen molar-refractivity contribution in [3.63, 3.8) is 0 Å². The molecule has 0 bridgehead atoms. The van der Waals surface area contributed by atoms with E-state index >= 15 is 0 Å². The zero-order chi connectivity index (χ0) is 39.6. The van der Waals surface area contributed by atoms with Crippen molar-refractivity contribution in [1.82, 2.24) is 0 Å². The van der Waals surface area contributed by atoms with Crippen molar-refractivity contribution in [3.8, 4) is 55.6 Å². The van der Waals surface area contributed by atoms with Gasteiger partial charge in [-0.25, -0.2) is 0 Å². The third-order valence-corrected chi connectivity index (χ3v) is 12.6. The minimum absolute atomic E-state index is 1.21. The molecule has 0 spiro atoms. The maximum Gasteiger partial charge on any atom is -0.00923 e. The van der Waals surface area contributed by atoms with Gasteiger partial charge >= 0.3 is 0 Å². The highest BCUT2D eigenvalue weighted by molar-refractivity contribution is 6.21. The molecule has 0 nitrogen and oxygen atoms in total. The molecule has 0 amide bonds. The number of rotatable bonds is 5. The van der Waals surface area contributed by atoms with Crippen molar-refractivity contribution >= 4 is 64.6 Å². The molecule has 0 unspecified atom stereocenters. The summed E-state index contributed by atoms with van der Waals surface area (Å²) in [6.45, 7) is 0. The van der Waals surface area contributed by atoms with Gasteiger partial charge in [-0.15, -0.1) is 0 Å². The van der Waals surface area contributed by atoms with Gasteiger partial charge in [0, 0.05) is 0 Å². The summed E-state index contributed by atoms with van der Waals surface area (Å²) in [5, 5.41) is 15.1. The zero-order valence-electron chi connectivity index (χ0n) is 32.9. The van der Waals surface area contributed by atoms with Gasteiger partial charge in [-0.05, 0) is 145 Å². The molecule has 278 valence electrons. The first-order valence-corrected chi connectivity index (χ1v) is 20.8. The lowest BCUT2D eigenvalue weighted by molar-refractivity contribution is 1.61. The molecule has 0 aliphatic heterocycles. The molecule has 0 fully saturated rings. The van der Waals surface area contributed by atoms with Crippen LogP contribution in [0.25, 0.3) is 120 Å². The predicted molar refractivity (Wildman–Crippen MR) is 259 cm³/mol. The van der Waals surface area contributed by atoms with Crippen LogP contribution < -0.4 is 0 Å². The van der Waals surface area contributed by atoms with Crippen molar-refractivity contribution < 1.29 is 0 Å². The van der Waals surface area contributed by atoms with Gasteiger partial charge in [0.2, 0.25) is 0 Å². The molecule has 12 aromatic rings. The van der Waals surface area contributed by atoms with E-state index in [4.69, 9.17) is 0 Å². The number of fused-ring (bicyclic) bond motifs is 8. The smallest absolute Gasteiger partial charge is 0.00923 e. The lowest BCUT2D eigenvalue weighted by Gasteiger charge is -2.18. The molecule has 0 radical (unpaired) electrons. The van der Waals surface area contributed by atoms with E-state index in [0.717, 1.165) is 0 Å². The molecule has 0 atom stereocenters. The predicted octanol–water partition coefficient (Wildman–Crippen LogP) is 16.9. The summed E-state index contributed by atoms with van der Waals surface area (Å²) in [4.78, 5) is 0. The normalized spacial score (nSPS) is 11.7. The SMILES string of the molecule is c1ccc(-c2cccc3ccccc23)c(-c2ccc3c(c2)cc(-c2cc4ccccc4c4ccccc24)c2cc(-c4ccccc4-c4cccc5ccccc45)ccc23)c1. The van der Waals surface area contributed by atoms with Crippen molar-refractivity contribution in [2.45, 2.75) is 0 Å². The van der Waals surface area contributed by atoms with Gasteiger partial charge < -0.3 is 0 Å². The van der Waals surface area contributed by atoms with Gasteiger partial charge in [0.05, 0.1) is 0 Å². The fourth-order valence-corrected chi connectivity index (χ4v) is 9.86. The second-order valence-electron chi connectivity index (χ2n) is 16.0. The summed E-state index contributed by atoms with van der Waals surface area (Å²) in [5.41, 5.74) is 12.3. The fraction of sp³-hybridized carbons (Fsp3) is 0. The van der Waals surface area contributed by atoms with Crippen LogP contribution in [0.3, 0.4) is 0 Å². The fourth-order valence-electron chi connectivity index (χ4n) is 9.86. The quantitative estimate of drug-likeness (QED) is 0.153. The van der Waals surface area contributed by atoms with Crippen LogP contribution in [0, 0.1) is 0 Å². The maximum atomic E-state index is 2.46. The summed E-state index contributed by atoms with van der Waals surface area (Å²) < 4.78 is 0. The Morgan fingerprint density at radius 3 is 1.17 bits per heavy atom. The highest BCUT2D eigenvalue weighted by Crippen LogP contribution is 2.45. The molecule has 60 heavy (non-hydrogen) atoms. The van der Waals surface area contributed by atoms with E-state index in [0.29, 0.717) is 0 Å². The molecule has 0 saturated heterocycles. The Morgan fingerprint density at radius 2 is 0.533 bits per heavy atom. The van der Waals surface area contributed by atoms with Crippen LogP contribution in [0.15, 0.2) is 231 Å². The Labute approximate surface area is 349 Å². The molecular formula is C60H38. The lowest BCUT2D eigenvalue weighted by Crippen LogP contribution is -1.91. The molecular weight excluding hydrogens is 721 g/mol. The number of hydrogen-bond donors (Lipinski definition) is 0. The summed E-state index contributed by atoms with van der Waals surface area (Å²) in [6, 6.07) is 85.3. The van der Waals surface area contributed by atoms with E-state index in [-0.39, 0.29) is 0 Å². The number of benzene rings is 12. The van der Waals surface area contributed by atoms with E-state index in [1.165, 1.54) is 120 Å². The molecule has 0 saturated carbocycles. The monoisotopic (exact) mass is 758 g/mol. The standard InChI is InChI=1S/C60H38/c1-4-20-45-39(15-1)18-13-29-54(45)51-25-9-7-23-48(51)42-31-33-50-44(35-42)38-60(58-36-41-17-3-6-22-47(41)53-27-11-12-28-56(53)58)59-37-43(32-34-57(50)59)49-24-8-10-26-52(49)55-30-14-19-40-16-2-5-21-46(40)55/h1-38H. The Balaban J connectivity index is 1.12. The van der Waals surface area contributed by atoms with Gasteiger partial charge in [-0.3, -0.25) is 0 Å². The molecule has 0 heteroatoms. The summed E-state index contributed by atoms with van der Waals surface area (Å²) >= 11 is 0. The Morgan fingerprint density at radius 1 is 0.150 bits per heavy atom. The Kier molecular flexibility index (Phi) is 7.96. The van der Waals surface area contributed by atoms with Gasteiger partial charge in [0.15, 0.2) is 0 Å². The second-order valence-corrected chi connectivity index (χ2v) is 16.0.